The first-order valence-electron chi connectivity index (χ1n) is 7.41. The van der Waals surface area contributed by atoms with Crippen molar-refractivity contribution in [2.75, 3.05) is 30.0 Å². The smallest absolute Gasteiger partial charge is 0.265 e. The first-order valence-corrected chi connectivity index (χ1v) is 7.41. The monoisotopic (exact) mass is 310 g/mol. The molecule has 1 aliphatic heterocycles. The summed E-state index contributed by atoms with van der Waals surface area (Å²) >= 11 is 0. The molecule has 0 spiro atoms. The van der Waals surface area contributed by atoms with E-state index in [0.29, 0.717) is 5.75 Å². The van der Waals surface area contributed by atoms with Gasteiger partial charge in [0.1, 0.15) is 12.3 Å². The van der Waals surface area contributed by atoms with Gasteiger partial charge in [-0.15, -0.1) is 0 Å². The number of nitrogens with zero attached hydrogens (tertiary/aromatic N) is 2. The molecule has 0 bridgehead atoms. The third-order valence-electron chi connectivity index (χ3n) is 3.85. The van der Waals surface area contributed by atoms with E-state index in [1.807, 2.05) is 55.5 Å². The van der Waals surface area contributed by atoms with Crippen LogP contribution in [-0.4, -0.2) is 32.0 Å². The second-order valence-corrected chi connectivity index (χ2v) is 5.53. The number of rotatable bonds is 3. The second kappa shape index (κ2) is 6.12. The van der Waals surface area contributed by atoms with Gasteiger partial charge in [-0.3, -0.25) is 14.5 Å². The normalized spacial score (nSPS) is 13.7. The molecule has 1 aliphatic rings. The molecule has 0 saturated heterocycles. The van der Waals surface area contributed by atoms with Crippen LogP contribution in [-0.2, 0) is 9.59 Å². The quantitative estimate of drug-likeness (QED) is 0.874. The highest BCUT2D eigenvalue weighted by Crippen LogP contribution is 2.32. The summed E-state index contributed by atoms with van der Waals surface area (Å²) in [5.74, 6) is 0.292. The molecule has 0 saturated carbocycles. The number of fused-ring (bicyclic) bond motifs is 1. The van der Waals surface area contributed by atoms with E-state index < -0.39 is 0 Å². The molecule has 2 aromatic rings. The first kappa shape index (κ1) is 15.1. The van der Waals surface area contributed by atoms with Crippen molar-refractivity contribution in [2.45, 2.75) is 6.92 Å². The summed E-state index contributed by atoms with van der Waals surface area (Å²) in [5.41, 5.74) is 2.52. The van der Waals surface area contributed by atoms with Crippen LogP contribution in [0.5, 0.6) is 5.75 Å². The van der Waals surface area contributed by atoms with E-state index in [9.17, 15) is 9.59 Å². The van der Waals surface area contributed by atoms with Gasteiger partial charge < -0.3 is 9.64 Å². The van der Waals surface area contributed by atoms with Crippen molar-refractivity contribution in [1.29, 1.82) is 0 Å². The van der Waals surface area contributed by atoms with Crippen molar-refractivity contribution < 1.29 is 14.3 Å². The number of hydrogen-bond donors (Lipinski definition) is 0. The number of carbonyl (C=O) groups is 2. The van der Waals surface area contributed by atoms with Crippen LogP contribution in [0.15, 0.2) is 48.5 Å². The van der Waals surface area contributed by atoms with Gasteiger partial charge >= 0.3 is 0 Å². The Labute approximate surface area is 135 Å². The van der Waals surface area contributed by atoms with E-state index in [0.717, 1.165) is 16.9 Å². The molecule has 23 heavy (non-hydrogen) atoms. The Morgan fingerprint density at radius 2 is 1.87 bits per heavy atom. The highest BCUT2D eigenvalue weighted by molar-refractivity contribution is 6.11. The number of ether oxygens (including phenoxy) is 1. The third-order valence-corrected chi connectivity index (χ3v) is 3.85. The lowest BCUT2D eigenvalue weighted by Gasteiger charge is -2.34. The Kier molecular flexibility index (Phi) is 4.02. The number of hydrogen-bond acceptors (Lipinski definition) is 3. The minimum Gasteiger partial charge on any atom is -0.484 e. The number of para-hydroxylation sites is 2. The third kappa shape index (κ3) is 3.04. The zero-order chi connectivity index (χ0) is 16.4. The van der Waals surface area contributed by atoms with E-state index in [1.165, 1.54) is 4.90 Å². The predicted molar refractivity (Wildman–Crippen MR) is 88.9 cm³/mol. The fourth-order valence-corrected chi connectivity index (χ4v) is 2.59. The number of likely N-dealkylation sites (N-methyl/N-ethyl adjacent to an activating group) is 1. The summed E-state index contributed by atoms with van der Waals surface area (Å²) in [6.45, 7) is 1.89. The molecule has 0 aromatic heterocycles. The topological polar surface area (TPSA) is 49.9 Å². The van der Waals surface area contributed by atoms with E-state index in [4.69, 9.17) is 4.74 Å². The molecule has 0 N–H and O–H groups in total. The van der Waals surface area contributed by atoms with Crippen LogP contribution in [0.2, 0.25) is 0 Å². The van der Waals surface area contributed by atoms with Crippen LogP contribution in [0.25, 0.3) is 0 Å². The van der Waals surface area contributed by atoms with E-state index in [2.05, 4.69) is 0 Å². The molecular formula is C18H18N2O3. The van der Waals surface area contributed by atoms with E-state index in [-0.39, 0.29) is 25.0 Å². The van der Waals surface area contributed by atoms with Gasteiger partial charge in [-0.2, -0.15) is 0 Å². The van der Waals surface area contributed by atoms with Crippen molar-refractivity contribution in [2.24, 2.45) is 0 Å². The minimum atomic E-state index is -0.236. The van der Waals surface area contributed by atoms with Crippen LogP contribution >= 0.6 is 0 Å². The molecule has 0 fully saturated rings. The van der Waals surface area contributed by atoms with Crippen LogP contribution in [0.4, 0.5) is 11.4 Å². The molecule has 5 heteroatoms. The standard InChI is InChI=1S/C18H18N2O3/c1-13-6-5-7-14(10-13)23-12-18(22)20-11-17(21)19(2)15-8-3-4-9-16(15)20/h3-10H,11-12H2,1-2H3. The average molecular weight is 310 g/mol. The van der Waals surface area contributed by atoms with Gasteiger partial charge in [-0.05, 0) is 36.8 Å². The summed E-state index contributed by atoms with van der Waals surface area (Å²) in [6, 6.07) is 14.9. The predicted octanol–water partition coefficient (Wildman–Crippen LogP) is 2.38. The Balaban J connectivity index is 1.77. The maximum atomic E-state index is 12.5. The number of anilines is 2. The van der Waals surface area contributed by atoms with Gasteiger partial charge in [0.25, 0.3) is 5.91 Å². The zero-order valence-electron chi connectivity index (χ0n) is 13.2. The fraction of sp³-hybridized carbons (Fsp3) is 0.222. The maximum absolute atomic E-state index is 12.5. The average Bonchev–Trinajstić information content (AvgIpc) is 2.56. The highest BCUT2D eigenvalue weighted by atomic mass is 16.5. The lowest BCUT2D eigenvalue weighted by molar-refractivity contribution is -0.124. The molecule has 0 atom stereocenters. The van der Waals surface area contributed by atoms with Gasteiger partial charge in [-0.1, -0.05) is 24.3 Å². The number of benzene rings is 2. The van der Waals surface area contributed by atoms with E-state index >= 15 is 0 Å². The lowest BCUT2D eigenvalue weighted by Crippen LogP contribution is -2.48. The Morgan fingerprint density at radius 3 is 2.61 bits per heavy atom. The second-order valence-electron chi connectivity index (χ2n) is 5.53. The zero-order valence-corrected chi connectivity index (χ0v) is 13.2. The van der Waals surface area contributed by atoms with Crippen molar-refractivity contribution in [1.82, 2.24) is 0 Å². The van der Waals surface area contributed by atoms with Crippen LogP contribution in [0, 0.1) is 6.92 Å². The molecule has 1 heterocycles. The van der Waals surface area contributed by atoms with Gasteiger partial charge in [0.2, 0.25) is 5.91 Å². The largest absolute Gasteiger partial charge is 0.484 e. The Bertz CT molecular complexity index is 757. The molecule has 3 rings (SSSR count). The summed E-state index contributed by atoms with van der Waals surface area (Å²) in [6.07, 6.45) is 0. The molecule has 2 amide bonds. The summed E-state index contributed by atoms with van der Waals surface area (Å²) < 4.78 is 5.56. The summed E-state index contributed by atoms with van der Waals surface area (Å²) in [4.78, 5) is 27.6. The lowest BCUT2D eigenvalue weighted by atomic mass is 10.1. The highest BCUT2D eigenvalue weighted by Gasteiger charge is 2.30. The van der Waals surface area contributed by atoms with Crippen molar-refractivity contribution >= 4 is 23.2 Å². The molecule has 0 radical (unpaired) electrons. The summed E-state index contributed by atoms with van der Waals surface area (Å²) in [5, 5.41) is 0. The fourth-order valence-electron chi connectivity index (χ4n) is 2.59. The Hall–Kier alpha value is -2.82. The molecule has 0 aliphatic carbocycles. The van der Waals surface area contributed by atoms with Crippen LogP contribution in [0.1, 0.15) is 5.56 Å². The molecule has 2 aromatic carbocycles. The maximum Gasteiger partial charge on any atom is 0.265 e. The number of amides is 2. The minimum absolute atomic E-state index is 0.0313. The molecule has 0 unspecified atom stereocenters. The van der Waals surface area contributed by atoms with Crippen molar-refractivity contribution in [3.05, 3.63) is 54.1 Å². The number of carbonyl (C=O) groups excluding carboxylic acids is 2. The molecule has 5 nitrogen and oxygen atoms in total. The molecule has 118 valence electrons. The summed E-state index contributed by atoms with van der Waals surface area (Å²) in [7, 11) is 1.71. The van der Waals surface area contributed by atoms with Crippen molar-refractivity contribution in [3.63, 3.8) is 0 Å². The van der Waals surface area contributed by atoms with Gasteiger partial charge in [0.15, 0.2) is 6.61 Å². The van der Waals surface area contributed by atoms with Crippen LogP contribution < -0.4 is 14.5 Å². The first-order chi connectivity index (χ1) is 11.1. The van der Waals surface area contributed by atoms with Gasteiger partial charge in [-0.25, -0.2) is 0 Å². The van der Waals surface area contributed by atoms with Crippen molar-refractivity contribution in [3.8, 4) is 5.75 Å². The Morgan fingerprint density at radius 1 is 1.13 bits per heavy atom. The van der Waals surface area contributed by atoms with Gasteiger partial charge in [0, 0.05) is 7.05 Å². The van der Waals surface area contributed by atoms with E-state index in [1.54, 1.807) is 11.9 Å². The SMILES string of the molecule is Cc1cccc(OCC(=O)N2CC(=O)N(C)c3ccccc32)c1. The van der Waals surface area contributed by atoms with Crippen LogP contribution in [0.3, 0.4) is 0 Å². The van der Waals surface area contributed by atoms with Gasteiger partial charge in [0.05, 0.1) is 11.4 Å². The molecular weight excluding hydrogens is 292 g/mol. The number of aryl methyl sites for hydroxylation is 1.